The Labute approximate surface area is 103 Å². The van der Waals surface area contributed by atoms with Crippen molar-refractivity contribution in [2.75, 3.05) is 11.9 Å². The molecule has 1 rings (SSSR count). The van der Waals surface area contributed by atoms with Gasteiger partial charge >= 0.3 is 6.01 Å². The summed E-state index contributed by atoms with van der Waals surface area (Å²) in [4.78, 5) is 0. The van der Waals surface area contributed by atoms with Crippen molar-refractivity contribution in [2.24, 2.45) is 5.92 Å². The van der Waals surface area contributed by atoms with Crippen LogP contribution in [0, 0.1) is 5.92 Å². The number of nitrogens with one attached hydrogen (secondary N) is 2. The quantitative estimate of drug-likeness (QED) is 0.766. The van der Waals surface area contributed by atoms with Gasteiger partial charge in [0.2, 0.25) is 5.89 Å². The molecule has 5 heteroatoms. The molecule has 0 amide bonds. The zero-order valence-electron chi connectivity index (χ0n) is 11.5. The van der Waals surface area contributed by atoms with Crippen molar-refractivity contribution in [3.63, 3.8) is 0 Å². The van der Waals surface area contributed by atoms with Gasteiger partial charge in [-0.25, -0.2) is 0 Å². The summed E-state index contributed by atoms with van der Waals surface area (Å²) in [6.45, 7) is 12.2. The van der Waals surface area contributed by atoms with Crippen LogP contribution in [0.5, 0.6) is 0 Å². The first kappa shape index (κ1) is 14.0. The number of rotatable bonds is 7. The van der Waals surface area contributed by atoms with Crippen LogP contribution in [-0.4, -0.2) is 22.3 Å². The number of hydrogen-bond donors (Lipinski definition) is 2. The van der Waals surface area contributed by atoms with Crippen molar-refractivity contribution < 1.29 is 4.42 Å². The molecule has 0 aliphatic heterocycles. The first-order valence-electron chi connectivity index (χ1n) is 6.24. The molecule has 0 atom stereocenters. The summed E-state index contributed by atoms with van der Waals surface area (Å²) in [6, 6.07) is 0.498. The van der Waals surface area contributed by atoms with Crippen molar-refractivity contribution in [1.82, 2.24) is 15.5 Å². The molecule has 0 aromatic carbocycles. The Kier molecular flexibility index (Phi) is 4.93. The van der Waals surface area contributed by atoms with Gasteiger partial charge in [-0.15, -0.1) is 5.10 Å². The van der Waals surface area contributed by atoms with Crippen molar-refractivity contribution in [3.8, 4) is 0 Å². The van der Waals surface area contributed by atoms with Gasteiger partial charge in [0.1, 0.15) is 0 Å². The summed E-state index contributed by atoms with van der Waals surface area (Å²) >= 11 is 0. The van der Waals surface area contributed by atoms with Gasteiger partial charge < -0.3 is 15.1 Å². The van der Waals surface area contributed by atoms with Crippen molar-refractivity contribution in [1.29, 1.82) is 0 Å². The van der Waals surface area contributed by atoms with Gasteiger partial charge in [-0.2, -0.15) is 0 Å². The van der Waals surface area contributed by atoms with E-state index in [2.05, 4.69) is 55.4 Å². The van der Waals surface area contributed by atoms with E-state index >= 15 is 0 Å². The Morgan fingerprint density at radius 1 is 1.29 bits per heavy atom. The van der Waals surface area contributed by atoms with E-state index in [1.54, 1.807) is 0 Å². The zero-order valence-corrected chi connectivity index (χ0v) is 11.5. The summed E-state index contributed by atoms with van der Waals surface area (Å²) in [7, 11) is 0. The molecule has 0 radical (unpaired) electrons. The van der Waals surface area contributed by atoms with Crippen LogP contribution in [0.15, 0.2) is 4.42 Å². The summed E-state index contributed by atoms with van der Waals surface area (Å²) in [5.41, 5.74) is -0.0187. The third-order valence-corrected chi connectivity index (χ3v) is 2.62. The fourth-order valence-electron chi connectivity index (χ4n) is 1.22. The van der Waals surface area contributed by atoms with E-state index < -0.39 is 0 Å². The molecule has 0 unspecified atom stereocenters. The van der Waals surface area contributed by atoms with Crippen molar-refractivity contribution in [3.05, 3.63) is 5.89 Å². The highest BCUT2D eigenvalue weighted by molar-refractivity contribution is 5.22. The number of hydrogen-bond acceptors (Lipinski definition) is 5. The predicted octanol–water partition coefficient (Wildman–Crippen LogP) is 2.42. The van der Waals surface area contributed by atoms with Crippen LogP contribution in [0.2, 0.25) is 0 Å². The summed E-state index contributed by atoms with van der Waals surface area (Å²) in [5.74, 6) is 1.24. The van der Waals surface area contributed by atoms with E-state index in [0.29, 0.717) is 24.4 Å². The largest absolute Gasteiger partial charge is 0.407 e. The molecule has 98 valence electrons. The van der Waals surface area contributed by atoms with Gasteiger partial charge in [-0.3, -0.25) is 0 Å². The van der Waals surface area contributed by atoms with Gasteiger partial charge in [0, 0.05) is 5.54 Å². The Morgan fingerprint density at radius 2 is 2.00 bits per heavy atom. The topological polar surface area (TPSA) is 63.0 Å². The Bertz CT molecular complexity index is 333. The molecule has 0 fully saturated rings. The van der Waals surface area contributed by atoms with Crippen molar-refractivity contribution in [2.45, 2.75) is 53.1 Å². The maximum Gasteiger partial charge on any atom is 0.315 e. The second-order valence-corrected chi connectivity index (χ2v) is 5.39. The lowest BCUT2D eigenvalue weighted by Gasteiger charge is -2.22. The standard InChI is InChI=1S/C12H24N4O/c1-6-12(4,5)14-11-16-15-10(17-11)8-13-7-9(2)3/h9,13H,6-8H2,1-5H3,(H,14,16). The van der Waals surface area contributed by atoms with Crippen LogP contribution in [0.25, 0.3) is 0 Å². The van der Waals surface area contributed by atoms with E-state index in [9.17, 15) is 0 Å². The second-order valence-electron chi connectivity index (χ2n) is 5.39. The molecular formula is C12H24N4O. The van der Waals surface area contributed by atoms with Crippen LogP contribution >= 0.6 is 0 Å². The number of nitrogens with zero attached hydrogens (tertiary/aromatic N) is 2. The third kappa shape index (κ3) is 5.17. The lowest BCUT2D eigenvalue weighted by atomic mass is 10.0. The van der Waals surface area contributed by atoms with Gasteiger partial charge in [0.05, 0.1) is 6.54 Å². The molecule has 1 aromatic heterocycles. The zero-order chi connectivity index (χ0) is 12.9. The minimum absolute atomic E-state index is 0.0187. The first-order chi connectivity index (χ1) is 7.93. The highest BCUT2D eigenvalue weighted by atomic mass is 16.4. The second kappa shape index (κ2) is 6.00. The molecule has 2 N–H and O–H groups in total. The number of anilines is 1. The lowest BCUT2D eigenvalue weighted by Crippen LogP contribution is -2.29. The molecule has 0 spiro atoms. The fraction of sp³-hybridized carbons (Fsp3) is 0.833. The van der Waals surface area contributed by atoms with Crippen LogP contribution in [0.1, 0.15) is 46.9 Å². The summed E-state index contributed by atoms with van der Waals surface area (Å²) in [6.07, 6.45) is 0.996. The fourth-order valence-corrected chi connectivity index (χ4v) is 1.22. The number of aromatic nitrogens is 2. The molecule has 1 aromatic rings. The first-order valence-corrected chi connectivity index (χ1v) is 6.24. The van der Waals surface area contributed by atoms with E-state index in [1.807, 2.05) is 0 Å². The normalized spacial score (nSPS) is 12.1. The molecule has 0 aliphatic carbocycles. The van der Waals surface area contributed by atoms with E-state index in [1.165, 1.54) is 0 Å². The van der Waals surface area contributed by atoms with Crippen LogP contribution in [0.4, 0.5) is 6.01 Å². The average Bonchev–Trinajstić information content (AvgIpc) is 2.64. The molecule has 0 bridgehead atoms. The highest BCUT2D eigenvalue weighted by Gasteiger charge is 2.17. The summed E-state index contributed by atoms with van der Waals surface area (Å²) < 4.78 is 5.51. The maximum absolute atomic E-state index is 5.51. The molecule has 0 saturated carbocycles. The highest BCUT2D eigenvalue weighted by Crippen LogP contribution is 2.16. The van der Waals surface area contributed by atoms with Crippen molar-refractivity contribution >= 4 is 6.01 Å². The Hall–Kier alpha value is -1.10. The lowest BCUT2D eigenvalue weighted by molar-refractivity contribution is 0.443. The molecule has 5 nitrogen and oxygen atoms in total. The smallest absolute Gasteiger partial charge is 0.315 e. The average molecular weight is 240 g/mol. The Balaban J connectivity index is 2.43. The molecule has 0 aliphatic rings. The van der Waals surface area contributed by atoms with Crippen LogP contribution in [0.3, 0.4) is 0 Å². The van der Waals surface area contributed by atoms with E-state index in [4.69, 9.17) is 4.42 Å². The SMILES string of the molecule is CCC(C)(C)Nc1nnc(CNCC(C)C)o1. The van der Waals surface area contributed by atoms with Gasteiger partial charge in [0.25, 0.3) is 0 Å². The molecule has 17 heavy (non-hydrogen) atoms. The Morgan fingerprint density at radius 3 is 2.59 bits per heavy atom. The van der Waals surface area contributed by atoms with E-state index in [-0.39, 0.29) is 5.54 Å². The van der Waals surface area contributed by atoms with Crippen LogP contribution in [-0.2, 0) is 6.54 Å². The maximum atomic E-state index is 5.51. The predicted molar refractivity (Wildman–Crippen MR) is 68.8 cm³/mol. The monoisotopic (exact) mass is 240 g/mol. The van der Waals surface area contributed by atoms with Gasteiger partial charge in [-0.1, -0.05) is 25.9 Å². The van der Waals surface area contributed by atoms with E-state index in [0.717, 1.165) is 13.0 Å². The molecule has 1 heterocycles. The van der Waals surface area contributed by atoms with Gasteiger partial charge in [-0.05, 0) is 32.7 Å². The third-order valence-electron chi connectivity index (χ3n) is 2.62. The summed E-state index contributed by atoms with van der Waals surface area (Å²) in [5, 5.41) is 14.5. The minimum atomic E-state index is -0.0187. The molecule has 0 saturated heterocycles. The minimum Gasteiger partial charge on any atom is -0.407 e. The van der Waals surface area contributed by atoms with Gasteiger partial charge in [0.15, 0.2) is 0 Å². The molecular weight excluding hydrogens is 216 g/mol. The van der Waals surface area contributed by atoms with Crippen LogP contribution < -0.4 is 10.6 Å².